The SMILES string of the molecule is COc1cc(OCc2ccccc2)ccc1C1=Cc2ccc3c(c2OC1)C=CC(C)(C)O3. The van der Waals surface area contributed by atoms with Crippen molar-refractivity contribution >= 4 is 17.7 Å². The molecule has 4 nitrogen and oxygen atoms in total. The van der Waals surface area contributed by atoms with Gasteiger partial charge in [0.2, 0.25) is 0 Å². The van der Waals surface area contributed by atoms with Crippen LogP contribution in [0.2, 0.25) is 0 Å². The molecule has 0 spiro atoms. The quantitative estimate of drug-likeness (QED) is 0.474. The summed E-state index contributed by atoms with van der Waals surface area (Å²) in [6, 6.07) is 20.1. The highest BCUT2D eigenvalue weighted by molar-refractivity contribution is 5.90. The topological polar surface area (TPSA) is 36.9 Å². The second-order valence-corrected chi connectivity index (χ2v) is 8.53. The van der Waals surface area contributed by atoms with Crippen molar-refractivity contribution in [2.24, 2.45) is 0 Å². The van der Waals surface area contributed by atoms with Crippen LogP contribution in [0.5, 0.6) is 23.0 Å². The Balaban J connectivity index is 1.41. The van der Waals surface area contributed by atoms with E-state index in [1.807, 2.05) is 74.5 Å². The zero-order valence-corrected chi connectivity index (χ0v) is 18.6. The number of hydrogen-bond acceptors (Lipinski definition) is 4. The fourth-order valence-corrected chi connectivity index (χ4v) is 4.02. The Morgan fingerprint density at radius 1 is 1.00 bits per heavy atom. The molecule has 3 aromatic rings. The van der Waals surface area contributed by atoms with Crippen molar-refractivity contribution in [1.29, 1.82) is 0 Å². The Morgan fingerprint density at radius 2 is 1.84 bits per heavy atom. The highest BCUT2D eigenvalue weighted by atomic mass is 16.5. The van der Waals surface area contributed by atoms with Gasteiger partial charge in [0.25, 0.3) is 0 Å². The Labute approximate surface area is 188 Å². The maximum Gasteiger partial charge on any atom is 0.137 e. The molecule has 2 aliphatic heterocycles. The van der Waals surface area contributed by atoms with Crippen LogP contribution in [0.25, 0.3) is 17.7 Å². The molecule has 3 aromatic carbocycles. The largest absolute Gasteiger partial charge is 0.496 e. The summed E-state index contributed by atoms with van der Waals surface area (Å²) in [5, 5.41) is 0. The molecule has 5 rings (SSSR count). The number of fused-ring (bicyclic) bond motifs is 3. The molecule has 162 valence electrons. The van der Waals surface area contributed by atoms with Crippen LogP contribution in [-0.4, -0.2) is 19.3 Å². The van der Waals surface area contributed by atoms with E-state index >= 15 is 0 Å². The maximum atomic E-state index is 6.21. The molecule has 0 aliphatic carbocycles. The van der Waals surface area contributed by atoms with Crippen molar-refractivity contribution in [3.05, 3.63) is 89.0 Å². The molecule has 32 heavy (non-hydrogen) atoms. The van der Waals surface area contributed by atoms with Gasteiger partial charge in [0.1, 0.15) is 41.8 Å². The third kappa shape index (κ3) is 3.96. The van der Waals surface area contributed by atoms with E-state index in [0.29, 0.717) is 13.2 Å². The van der Waals surface area contributed by atoms with E-state index < -0.39 is 0 Å². The van der Waals surface area contributed by atoms with Gasteiger partial charge >= 0.3 is 0 Å². The monoisotopic (exact) mass is 426 g/mol. The summed E-state index contributed by atoms with van der Waals surface area (Å²) in [5.41, 5.74) is 4.90. The van der Waals surface area contributed by atoms with Gasteiger partial charge in [-0.1, -0.05) is 30.3 Å². The smallest absolute Gasteiger partial charge is 0.137 e. The molecule has 0 fully saturated rings. The summed E-state index contributed by atoms with van der Waals surface area (Å²) in [4.78, 5) is 0. The molecule has 2 heterocycles. The number of ether oxygens (including phenoxy) is 4. The van der Waals surface area contributed by atoms with Gasteiger partial charge in [-0.2, -0.15) is 0 Å². The molecule has 0 radical (unpaired) electrons. The molecule has 0 atom stereocenters. The molecule has 0 bridgehead atoms. The fourth-order valence-electron chi connectivity index (χ4n) is 4.02. The van der Waals surface area contributed by atoms with Crippen LogP contribution in [0.4, 0.5) is 0 Å². The Hall–Kier alpha value is -3.66. The lowest BCUT2D eigenvalue weighted by Crippen LogP contribution is -2.27. The number of benzene rings is 3. The number of hydrogen-bond donors (Lipinski definition) is 0. The van der Waals surface area contributed by atoms with Gasteiger partial charge in [-0.05, 0) is 61.9 Å². The van der Waals surface area contributed by atoms with E-state index in [1.54, 1.807) is 7.11 Å². The normalized spacial score (nSPS) is 15.5. The van der Waals surface area contributed by atoms with Crippen LogP contribution in [0, 0.1) is 0 Å². The third-order valence-corrected chi connectivity index (χ3v) is 5.68. The lowest BCUT2D eigenvalue weighted by Gasteiger charge is -2.30. The van der Waals surface area contributed by atoms with E-state index in [-0.39, 0.29) is 5.60 Å². The van der Waals surface area contributed by atoms with Crippen LogP contribution in [0.1, 0.15) is 36.1 Å². The van der Waals surface area contributed by atoms with Crippen molar-refractivity contribution in [3.8, 4) is 23.0 Å². The highest BCUT2D eigenvalue weighted by Gasteiger charge is 2.27. The Kier molecular flexibility index (Phi) is 5.14. The van der Waals surface area contributed by atoms with Gasteiger partial charge in [0.05, 0.1) is 12.7 Å². The zero-order valence-electron chi connectivity index (χ0n) is 18.6. The first kappa shape index (κ1) is 20.3. The third-order valence-electron chi connectivity index (χ3n) is 5.68. The summed E-state index contributed by atoms with van der Waals surface area (Å²) in [6.45, 7) is 5.07. The average Bonchev–Trinajstić information content (AvgIpc) is 2.82. The molecule has 0 saturated heterocycles. The standard InChI is InChI=1S/C28H26O4/c1-28(2)14-13-24-25(32-28)12-9-20-15-21(18-31-27(20)24)23-11-10-22(16-26(23)29-3)30-17-19-7-5-4-6-8-19/h4-16H,17-18H2,1-3H3. The van der Waals surface area contributed by atoms with Crippen LogP contribution in [0.15, 0.2) is 66.7 Å². The van der Waals surface area contributed by atoms with E-state index in [4.69, 9.17) is 18.9 Å². The molecule has 0 aromatic heterocycles. The molecule has 4 heteroatoms. The second kappa shape index (κ2) is 8.12. The summed E-state index contributed by atoms with van der Waals surface area (Å²) in [6.07, 6.45) is 6.32. The summed E-state index contributed by atoms with van der Waals surface area (Å²) in [5.74, 6) is 3.24. The van der Waals surface area contributed by atoms with Crippen LogP contribution in [-0.2, 0) is 6.61 Å². The second-order valence-electron chi connectivity index (χ2n) is 8.53. The van der Waals surface area contributed by atoms with Crippen molar-refractivity contribution in [3.63, 3.8) is 0 Å². The van der Waals surface area contributed by atoms with Crippen LogP contribution in [0.3, 0.4) is 0 Å². The molecular weight excluding hydrogens is 400 g/mol. The summed E-state index contributed by atoms with van der Waals surface area (Å²) < 4.78 is 23.9. The Morgan fingerprint density at radius 3 is 2.66 bits per heavy atom. The van der Waals surface area contributed by atoms with E-state index in [1.165, 1.54) is 0 Å². The molecule has 2 aliphatic rings. The molecule has 0 unspecified atom stereocenters. The first-order valence-corrected chi connectivity index (χ1v) is 10.8. The van der Waals surface area contributed by atoms with E-state index in [2.05, 4.69) is 18.2 Å². The van der Waals surface area contributed by atoms with Crippen molar-refractivity contribution < 1.29 is 18.9 Å². The van der Waals surface area contributed by atoms with Crippen molar-refractivity contribution in [2.45, 2.75) is 26.1 Å². The fraction of sp³-hybridized carbons (Fsp3) is 0.214. The Bertz CT molecular complexity index is 1210. The number of methoxy groups -OCH3 is 1. The molecule has 0 saturated carbocycles. The summed E-state index contributed by atoms with van der Waals surface area (Å²) in [7, 11) is 1.68. The number of rotatable bonds is 5. The average molecular weight is 427 g/mol. The first-order valence-electron chi connectivity index (χ1n) is 10.8. The molecular formula is C28H26O4. The minimum absolute atomic E-state index is 0.311. The summed E-state index contributed by atoms with van der Waals surface area (Å²) >= 11 is 0. The van der Waals surface area contributed by atoms with Gasteiger partial charge in [-0.25, -0.2) is 0 Å². The van der Waals surface area contributed by atoms with Gasteiger partial charge in [0, 0.05) is 22.8 Å². The van der Waals surface area contributed by atoms with Gasteiger partial charge in [0.15, 0.2) is 0 Å². The van der Waals surface area contributed by atoms with Gasteiger partial charge in [-0.15, -0.1) is 0 Å². The van der Waals surface area contributed by atoms with Gasteiger partial charge in [-0.3, -0.25) is 0 Å². The lowest BCUT2D eigenvalue weighted by atomic mass is 9.95. The molecule has 0 amide bonds. The predicted molar refractivity (Wildman–Crippen MR) is 127 cm³/mol. The van der Waals surface area contributed by atoms with Crippen molar-refractivity contribution in [1.82, 2.24) is 0 Å². The lowest BCUT2D eigenvalue weighted by molar-refractivity contribution is 0.158. The highest BCUT2D eigenvalue weighted by Crippen LogP contribution is 2.43. The van der Waals surface area contributed by atoms with Crippen LogP contribution >= 0.6 is 0 Å². The zero-order chi connectivity index (χ0) is 22.1. The van der Waals surface area contributed by atoms with Gasteiger partial charge < -0.3 is 18.9 Å². The van der Waals surface area contributed by atoms with E-state index in [9.17, 15) is 0 Å². The minimum atomic E-state index is -0.311. The minimum Gasteiger partial charge on any atom is -0.496 e. The predicted octanol–water partition coefficient (Wildman–Crippen LogP) is 6.39. The van der Waals surface area contributed by atoms with Crippen molar-refractivity contribution in [2.75, 3.05) is 13.7 Å². The first-order chi connectivity index (χ1) is 15.5. The van der Waals surface area contributed by atoms with Crippen LogP contribution < -0.4 is 18.9 Å². The van der Waals surface area contributed by atoms with E-state index in [0.717, 1.165) is 50.8 Å². The maximum absolute atomic E-state index is 6.21. The molecule has 0 N–H and O–H groups in total.